The Morgan fingerprint density at radius 3 is 3.25 bits per heavy atom. The predicted octanol–water partition coefficient (Wildman–Crippen LogP) is 0.247. The van der Waals surface area contributed by atoms with Crippen LogP contribution in [0.4, 0.5) is 0 Å². The number of carbonyl (C=O) groups is 1. The van der Waals surface area contributed by atoms with Crippen molar-refractivity contribution in [2.75, 3.05) is 0 Å². The van der Waals surface area contributed by atoms with Gasteiger partial charge >= 0.3 is 11.6 Å². The molecule has 1 amide bonds. The van der Waals surface area contributed by atoms with E-state index in [-0.39, 0.29) is 17.5 Å². The molecule has 0 radical (unpaired) electrons. The maximum atomic E-state index is 11.1. The van der Waals surface area contributed by atoms with Gasteiger partial charge in [0, 0.05) is 5.70 Å². The molecule has 2 rings (SSSR count). The molecule has 0 saturated carbocycles. The van der Waals surface area contributed by atoms with Gasteiger partial charge in [-0.05, 0) is 12.5 Å². The average Bonchev–Trinajstić information content (AvgIpc) is 2.40. The van der Waals surface area contributed by atoms with E-state index in [4.69, 9.17) is 5.53 Å². The van der Waals surface area contributed by atoms with Crippen LogP contribution in [0.5, 0.6) is 0 Å². The molecule has 0 aromatic rings. The zero-order valence-electron chi connectivity index (χ0n) is 6.32. The molecule has 4 nitrogen and oxygen atoms in total. The fourth-order valence-electron chi connectivity index (χ4n) is 1.49. The Morgan fingerprint density at radius 2 is 2.50 bits per heavy atom. The van der Waals surface area contributed by atoms with Crippen LogP contribution in [0.15, 0.2) is 23.9 Å². The van der Waals surface area contributed by atoms with Gasteiger partial charge < -0.3 is 10.8 Å². The predicted molar refractivity (Wildman–Crippen MR) is 42.1 cm³/mol. The zero-order valence-corrected chi connectivity index (χ0v) is 6.32. The van der Waals surface area contributed by atoms with Crippen LogP contribution < -0.4 is 5.32 Å². The Kier molecular flexibility index (Phi) is 1.42. The molecule has 0 aromatic heterocycles. The minimum Gasteiger partial charge on any atom is -0.361 e. The van der Waals surface area contributed by atoms with E-state index in [1.807, 2.05) is 18.2 Å². The number of nitrogens with zero attached hydrogens (tertiary/aromatic N) is 2. The second-order valence-electron chi connectivity index (χ2n) is 2.78. The molecule has 1 aliphatic carbocycles. The third kappa shape index (κ3) is 0.822. The number of rotatable bonds is 0. The SMILES string of the molecule is [N-]=[N+]=C1C(=O)NC2=CC=CCC21. The summed E-state index contributed by atoms with van der Waals surface area (Å²) >= 11 is 0. The molecule has 60 valence electrons. The summed E-state index contributed by atoms with van der Waals surface area (Å²) < 4.78 is 0. The smallest absolute Gasteiger partial charge is 0.361 e. The van der Waals surface area contributed by atoms with Crippen LogP contribution in [0.1, 0.15) is 6.42 Å². The largest absolute Gasteiger partial charge is 0.365 e. The molecule has 1 aliphatic heterocycles. The first kappa shape index (κ1) is 7.00. The normalized spacial score (nSPS) is 26.0. The minimum atomic E-state index is -0.294. The zero-order chi connectivity index (χ0) is 8.55. The Hall–Kier alpha value is -1.67. The number of allylic oxidation sites excluding steroid dienone is 4. The van der Waals surface area contributed by atoms with Crippen molar-refractivity contribution < 1.29 is 9.58 Å². The van der Waals surface area contributed by atoms with Gasteiger partial charge in [-0.15, -0.1) is 0 Å². The van der Waals surface area contributed by atoms with Crippen LogP contribution in [0.25, 0.3) is 5.53 Å². The number of carbonyl (C=O) groups excluding carboxylic acids is 1. The lowest BCUT2D eigenvalue weighted by atomic mass is 9.96. The van der Waals surface area contributed by atoms with Crippen molar-refractivity contribution in [2.45, 2.75) is 6.42 Å². The van der Waals surface area contributed by atoms with E-state index >= 15 is 0 Å². The molecule has 0 aromatic carbocycles. The van der Waals surface area contributed by atoms with Gasteiger partial charge in [0.1, 0.15) is 5.92 Å². The number of fused-ring (bicyclic) bond motifs is 1. The summed E-state index contributed by atoms with van der Waals surface area (Å²) in [5.74, 6) is -0.357. The lowest BCUT2D eigenvalue weighted by Crippen LogP contribution is -2.19. The summed E-state index contributed by atoms with van der Waals surface area (Å²) in [6.45, 7) is 0. The maximum absolute atomic E-state index is 11.1. The van der Waals surface area contributed by atoms with Crippen LogP contribution in [0.2, 0.25) is 0 Å². The Balaban J connectivity index is 2.45. The summed E-state index contributed by atoms with van der Waals surface area (Å²) in [6, 6.07) is 0. The third-order valence-corrected chi connectivity index (χ3v) is 2.09. The van der Waals surface area contributed by atoms with Crippen LogP contribution in [0.3, 0.4) is 0 Å². The average molecular weight is 161 g/mol. The van der Waals surface area contributed by atoms with Gasteiger partial charge in [-0.3, -0.25) is 4.79 Å². The van der Waals surface area contributed by atoms with Crippen molar-refractivity contribution in [1.29, 1.82) is 0 Å². The summed E-state index contributed by atoms with van der Waals surface area (Å²) in [5, 5.41) is 2.64. The van der Waals surface area contributed by atoms with E-state index in [2.05, 4.69) is 10.1 Å². The summed E-state index contributed by atoms with van der Waals surface area (Å²) in [6.07, 6.45) is 6.38. The molecule has 0 bridgehead atoms. The van der Waals surface area contributed by atoms with Gasteiger partial charge in [-0.1, -0.05) is 12.2 Å². The van der Waals surface area contributed by atoms with Crippen LogP contribution in [-0.2, 0) is 4.79 Å². The molecule has 1 N–H and O–H groups in total. The Labute approximate surface area is 69.2 Å². The summed E-state index contributed by atoms with van der Waals surface area (Å²) in [7, 11) is 0. The van der Waals surface area contributed by atoms with Gasteiger partial charge in [0.15, 0.2) is 0 Å². The molecule has 1 fully saturated rings. The van der Waals surface area contributed by atoms with Gasteiger partial charge in [-0.2, -0.15) is 4.79 Å². The third-order valence-electron chi connectivity index (χ3n) is 2.09. The molecule has 1 saturated heterocycles. The second-order valence-corrected chi connectivity index (χ2v) is 2.78. The first-order valence-corrected chi connectivity index (χ1v) is 3.73. The molecule has 0 spiro atoms. The number of nitrogens with one attached hydrogen (secondary N) is 1. The summed E-state index contributed by atoms with van der Waals surface area (Å²) in [4.78, 5) is 14.1. The standard InChI is InChI=1S/C8H7N3O/c9-11-7-5-3-1-2-4-6(5)10-8(7)12/h1-2,4-5H,3H2,(H,10,12). The van der Waals surface area contributed by atoms with Crippen LogP contribution in [0, 0.1) is 5.92 Å². The fraction of sp³-hybridized carbons (Fsp3) is 0.250. The maximum Gasteiger partial charge on any atom is 0.365 e. The highest BCUT2D eigenvalue weighted by atomic mass is 16.2. The molecule has 1 heterocycles. The van der Waals surface area contributed by atoms with E-state index in [9.17, 15) is 4.79 Å². The van der Waals surface area contributed by atoms with Gasteiger partial charge in [-0.25, -0.2) is 0 Å². The van der Waals surface area contributed by atoms with E-state index in [0.29, 0.717) is 0 Å². The minimum absolute atomic E-state index is 0.0625. The molecule has 12 heavy (non-hydrogen) atoms. The van der Waals surface area contributed by atoms with Crippen LogP contribution >= 0.6 is 0 Å². The molecule has 1 unspecified atom stereocenters. The lowest BCUT2D eigenvalue weighted by Gasteiger charge is -2.05. The van der Waals surface area contributed by atoms with Crippen molar-refractivity contribution in [3.05, 3.63) is 29.5 Å². The first-order chi connectivity index (χ1) is 5.83. The monoisotopic (exact) mass is 161 g/mol. The van der Waals surface area contributed by atoms with Crippen molar-refractivity contribution in [3.63, 3.8) is 0 Å². The first-order valence-electron chi connectivity index (χ1n) is 3.73. The highest BCUT2D eigenvalue weighted by molar-refractivity contribution is 6.40. The molecule has 4 heteroatoms. The molecular weight excluding hydrogens is 154 g/mol. The van der Waals surface area contributed by atoms with E-state index in [1.54, 1.807) is 0 Å². The van der Waals surface area contributed by atoms with E-state index in [0.717, 1.165) is 12.1 Å². The fourth-order valence-corrected chi connectivity index (χ4v) is 1.49. The molecule has 2 aliphatic rings. The molecule has 1 atom stereocenters. The van der Waals surface area contributed by atoms with Crippen molar-refractivity contribution in [3.8, 4) is 0 Å². The van der Waals surface area contributed by atoms with Gasteiger partial charge in [0.05, 0.1) is 0 Å². The second kappa shape index (κ2) is 2.43. The lowest BCUT2D eigenvalue weighted by molar-refractivity contribution is -0.117. The Bertz CT molecular complexity index is 347. The van der Waals surface area contributed by atoms with E-state index < -0.39 is 0 Å². The quantitative estimate of drug-likeness (QED) is 0.401. The number of hydrogen-bond donors (Lipinski definition) is 1. The highest BCUT2D eigenvalue weighted by Crippen LogP contribution is 2.23. The number of amides is 1. The highest BCUT2D eigenvalue weighted by Gasteiger charge is 2.41. The van der Waals surface area contributed by atoms with Crippen molar-refractivity contribution in [2.24, 2.45) is 5.92 Å². The number of hydrogen-bond acceptors (Lipinski definition) is 1. The van der Waals surface area contributed by atoms with Gasteiger partial charge in [0.25, 0.3) is 0 Å². The van der Waals surface area contributed by atoms with Crippen LogP contribution in [-0.4, -0.2) is 16.4 Å². The van der Waals surface area contributed by atoms with Gasteiger partial charge in [0.2, 0.25) is 0 Å². The molecular formula is C8H7N3O. The van der Waals surface area contributed by atoms with E-state index in [1.165, 1.54) is 0 Å². The Morgan fingerprint density at radius 1 is 1.67 bits per heavy atom. The summed E-state index contributed by atoms with van der Waals surface area (Å²) in [5.41, 5.74) is 9.59. The van der Waals surface area contributed by atoms with Crippen molar-refractivity contribution in [1.82, 2.24) is 5.32 Å². The topological polar surface area (TPSA) is 65.5 Å². The van der Waals surface area contributed by atoms with Crippen molar-refractivity contribution >= 4 is 11.6 Å².